The first-order chi connectivity index (χ1) is 9.88. The van der Waals surface area contributed by atoms with Crippen LogP contribution >= 0.6 is 23.8 Å². The van der Waals surface area contributed by atoms with Gasteiger partial charge in [0.25, 0.3) is 0 Å². The van der Waals surface area contributed by atoms with Crippen molar-refractivity contribution in [1.82, 2.24) is 14.9 Å². The molecule has 21 heavy (non-hydrogen) atoms. The summed E-state index contributed by atoms with van der Waals surface area (Å²) in [5.41, 5.74) is 0.848. The van der Waals surface area contributed by atoms with Gasteiger partial charge in [-0.15, -0.1) is 0 Å². The normalized spacial score (nSPS) is 13.0. The van der Waals surface area contributed by atoms with Crippen LogP contribution < -0.4 is 0 Å². The number of benzene rings is 1. The zero-order chi connectivity index (χ0) is 15.5. The van der Waals surface area contributed by atoms with Crippen LogP contribution in [0.2, 0.25) is 0 Å². The summed E-state index contributed by atoms with van der Waals surface area (Å²) in [6, 6.07) is 9.81. The van der Waals surface area contributed by atoms with Gasteiger partial charge in [-0.1, -0.05) is 62.7 Å². The van der Waals surface area contributed by atoms with E-state index in [2.05, 4.69) is 15.3 Å². The van der Waals surface area contributed by atoms with E-state index in [9.17, 15) is 0 Å². The Kier molecular flexibility index (Phi) is 4.75. The van der Waals surface area contributed by atoms with Crippen molar-refractivity contribution in [2.45, 2.75) is 26.2 Å². The molecule has 1 heterocycles. The van der Waals surface area contributed by atoms with Crippen molar-refractivity contribution in [2.75, 3.05) is 0 Å². The van der Waals surface area contributed by atoms with Gasteiger partial charge in [0.15, 0.2) is 5.82 Å². The molecule has 0 saturated heterocycles. The lowest BCUT2D eigenvalue weighted by Gasteiger charge is -2.15. The number of nitrogens with one attached hydrogen (secondary N) is 1. The van der Waals surface area contributed by atoms with Gasteiger partial charge in [-0.05, 0) is 23.9 Å². The second-order valence-corrected chi connectivity index (χ2v) is 6.42. The van der Waals surface area contributed by atoms with E-state index in [4.69, 9.17) is 23.8 Å². The predicted molar refractivity (Wildman–Crippen MR) is 90.3 cm³/mol. The average Bonchev–Trinajstić information content (AvgIpc) is 2.79. The van der Waals surface area contributed by atoms with Crippen LogP contribution in [-0.2, 0) is 5.41 Å². The number of allylic oxidation sites excluding steroid dienone is 1. The third-order valence-corrected chi connectivity index (χ3v) is 3.19. The van der Waals surface area contributed by atoms with Crippen molar-refractivity contribution >= 4 is 36.1 Å². The Morgan fingerprint density at radius 3 is 2.62 bits per heavy atom. The van der Waals surface area contributed by atoms with Crippen LogP contribution in [0.4, 0.5) is 0 Å². The summed E-state index contributed by atoms with van der Waals surface area (Å²) >= 11 is 11.4. The van der Waals surface area contributed by atoms with Crippen LogP contribution in [0, 0.1) is 4.77 Å². The summed E-state index contributed by atoms with van der Waals surface area (Å²) in [6.07, 6.45) is 3.40. The molecule has 1 aromatic carbocycles. The van der Waals surface area contributed by atoms with Gasteiger partial charge in [0.1, 0.15) is 0 Å². The number of nitrogens with zero attached hydrogens (tertiary/aromatic N) is 3. The first kappa shape index (κ1) is 15.7. The molecule has 0 aliphatic carbocycles. The standard InChI is InChI=1S/C15H17ClN4S/c1-15(2,3)13-18-19-14(21)20(13)17-10-12(16)9-11-7-5-4-6-8-11/h4-10H,1-3H3,(H,19,21)/b12-9-,17-10-. The molecule has 1 aromatic heterocycles. The minimum Gasteiger partial charge on any atom is -0.250 e. The van der Waals surface area contributed by atoms with Gasteiger partial charge in [0.2, 0.25) is 4.77 Å². The maximum Gasteiger partial charge on any atom is 0.216 e. The summed E-state index contributed by atoms with van der Waals surface area (Å²) in [6.45, 7) is 6.14. The molecular formula is C15H17ClN4S. The molecule has 2 aromatic rings. The molecule has 0 bridgehead atoms. The highest BCUT2D eigenvalue weighted by molar-refractivity contribution is 7.71. The lowest BCUT2D eigenvalue weighted by atomic mass is 9.96. The van der Waals surface area contributed by atoms with E-state index in [0.29, 0.717) is 9.80 Å². The van der Waals surface area contributed by atoms with Crippen molar-refractivity contribution < 1.29 is 0 Å². The Morgan fingerprint density at radius 2 is 2.00 bits per heavy atom. The minimum atomic E-state index is -0.166. The fourth-order valence-corrected chi connectivity index (χ4v) is 2.09. The molecule has 6 heteroatoms. The maximum atomic E-state index is 6.19. The van der Waals surface area contributed by atoms with Gasteiger partial charge in [-0.3, -0.25) is 5.10 Å². The number of H-pyrrole nitrogens is 1. The maximum absolute atomic E-state index is 6.19. The third-order valence-electron chi connectivity index (χ3n) is 2.72. The molecule has 1 N–H and O–H groups in total. The predicted octanol–water partition coefficient (Wildman–Crippen LogP) is 4.35. The van der Waals surface area contributed by atoms with Crippen molar-refractivity contribution in [1.29, 1.82) is 0 Å². The number of rotatable bonds is 3. The van der Waals surface area contributed by atoms with E-state index in [1.165, 1.54) is 0 Å². The Labute approximate surface area is 134 Å². The lowest BCUT2D eigenvalue weighted by Crippen LogP contribution is -2.17. The molecule has 0 unspecified atom stereocenters. The van der Waals surface area contributed by atoms with E-state index in [-0.39, 0.29) is 5.41 Å². The Bertz CT molecular complexity index is 720. The van der Waals surface area contributed by atoms with Crippen LogP contribution in [0.15, 0.2) is 40.5 Å². The summed E-state index contributed by atoms with van der Waals surface area (Å²) in [5.74, 6) is 0.757. The van der Waals surface area contributed by atoms with E-state index < -0.39 is 0 Å². The molecule has 110 valence electrons. The molecule has 0 amide bonds. The number of aromatic nitrogens is 3. The van der Waals surface area contributed by atoms with Crippen LogP contribution in [-0.4, -0.2) is 21.1 Å². The number of hydrogen-bond acceptors (Lipinski definition) is 3. The van der Waals surface area contributed by atoms with Crippen LogP contribution in [0.1, 0.15) is 32.2 Å². The topological polar surface area (TPSA) is 46.0 Å². The van der Waals surface area contributed by atoms with E-state index >= 15 is 0 Å². The first-order valence-corrected chi connectivity index (χ1v) is 7.31. The molecule has 0 aliphatic heterocycles. The number of aromatic amines is 1. The molecule has 0 aliphatic rings. The third kappa shape index (κ3) is 4.12. The van der Waals surface area contributed by atoms with Gasteiger partial charge >= 0.3 is 0 Å². The largest absolute Gasteiger partial charge is 0.250 e. The number of hydrogen-bond donors (Lipinski definition) is 1. The van der Waals surface area contributed by atoms with Crippen LogP contribution in [0.25, 0.3) is 6.08 Å². The minimum absolute atomic E-state index is 0.166. The highest BCUT2D eigenvalue weighted by Gasteiger charge is 2.21. The second kappa shape index (κ2) is 6.37. The van der Waals surface area contributed by atoms with E-state index in [1.807, 2.05) is 57.2 Å². The van der Waals surface area contributed by atoms with E-state index in [1.54, 1.807) is 10.9 Å². The second-order valence-electron chi connectivity index (χ2n) is 5.60. The van der Waals surface area contributed by atoms with E-state index in [0.717, 1.165) is 11.4 Å². The van der Waals surface area contributed by atoms with Crippen molar-refractivity contribution in [3.8, 4) is 0 Å². The summed E-state index contributed by atoms with van der Waals surface area (Å²) in [7, 11) is 0. The quantitative estimate of drug-likeness (QED) is 0.675. The molecular weight excluding hydrogens is 304 g/mol. The molecule has 0 saturated carbocycles. The fraction of sp³-hybridized carbons (Fsp3) is 0.267. The Hall–Kier alpha value is -1.72. The molecule has 0 atom stereocenters. The summed E-state index contributed by atoms with van der Waals surface area (Å²) in [5, 5.41) is 11.8. The molecule has 4 nitrogen and oxygen atoms in total. The highest BCUT2D eigenvalue weighted by Crippen LogP contribution is 2.20. The van der Waals surface area contributed by atoms with Gasteiger partial charge in [-0.2, -0.15) is 14.9 Å². The zero-order valence-corrected chi connectivity index (χ0v) is 13.7. The lowest BCUT2D eigenvalue weighted by molar-refractivity contribution is 0.516. The zero-order valence-electron chi connectivity index (χ0n) is 12.2. The summed E-state index contributed by atoms with van der Waals surface area (Å²) in [4.78, 5) is 0. The van der Waals surface area contributed by atoms with Crippen molar-refractivity contribution in [2.24, 2.45) is 5.10 Å². The molecule has 0 fully saturated rings. The SMILES string of the molecule is CC(C)(C)c1n[nH]c(=S)n1/N=C\C(Cl)=C\c1ccccc1. The molecule has 2 rings (SSSR count). The van der Waals surface area contributed by atoms with Crippen LogP contribution in [0.3, 0.4) is 0 Å². The number of halogens is 1. The van der Waals surface area contributed by atoms with Gasteiger partial charge in [-0.25, -0.2) is 0 Å². The average molecular weight is 321 g/mol. The van der Waals surface area contributed by atoms with Gasteiger partial charge in [0.05, 0.1) is 11.2 Å². The van der Waals surface area contributed by atoms with Gasteiger partial charge in [0, 0.05) is 5.41 Å². The summed E-state index contributed by atoms with van der Waals surface area (Å²) < 4.78 is 2.04. The Balaban J connectivity index is 2.28. The monoisotopic (exact) mass is 320 g/mol. The van der Waals surface area contributed by atoms with Crippen molar-refractivity contribution in [3.63, 3.8) is 0 Å². The smallest absolute Gasteiger partial charge is 0.216 e. The fourth-order valence-electron chi connectivity index (χ4n) is 1.74. The first-order valence-electron chi connectivity index (χ1n) is 6.52. The Morgan fingerprint density at radius 1 is 1.33 bits per heavy atom. The highest BCUT2D eigenvalue weighted by atomic mass is 35.5. The molecule has 0 radical (unpaired) electrons. The van der Waals surface area contributed by atoms with Gasteiger partial charge < -0.3 is 0 Å². The van der Waals surface area contributed by atoms with Crippen molar-refractivity contribution in [3.05, 3.63) is 51.5 Å². The van der Waals surface area contributed by atoms with Crippen LogP contribution in [0.5, 0.6) is 0 Å². The molecule has 0 spiro atoms.